The largest absolute Gasteiger partial charge is 0.382 e. The first-order valence-electron chi connectivity index (χ1n) is 7.21. The Morgan fingerprint density at radius 2 is 1.78 bits per heavy atom. The van der Waals surface area contributed by atoms with E-state index in [1.165, 1.54) is 6.33 Å². The smallest absolute Gasteiger partial charge is 0.138 e. The summed E-state index contributed by atoms with van der Waals surface area (Å²) >= 11 is 5.96. The Labute approximate surface area is 139 Å². The third-order valence-corrected chi connectivity index (χ3v) is 3.95. The Hall–Kier alpha value is -2.43. The number of nitrogens with zero attached hydrogens (tertiary/aromatic N) is 3. The van der Waals surface area contributed by atoms with Crippen molar-refractivity contribution in [3.05, 3.63) is 83.4 Å². The zero-order valence-corrected chi connectivity index (χ0v) is 13.4. The first-order valence-corrected chi connectivity index (χ1v) is 7.59. The van der Waals surface area contributed by atoms with Crippen LogP contribution < -0.4 is 0 Å². The molecule has 0 aliphatic rings. The number of rotatable bonds is 4. The van der Waals surface area contributed by atoms with Crippen LogP contribution in [0.15, 0.2) is 67.3 Å². The van der Waals surface area contributed by atoms with Crippen LogP contribution in [0.5, 0.6) is 0 Å². The molecule has 116 valence electrons. The zero-order valence-electron chi connectivity index (χ0n) is 12.6. The topological polar surface area (TPSA) is 50.9 Å². The Morgan fingerprint density at radius 3 is 2.39 bits per heavy atom. The van der Waals surface area contributed by atoms with E-state index in [0.29, 0.717) is 10.7 Å². The molecule has 1 N–H and O–H groups in total. The maximum absolute atomic E-state index is 10.9. The van der Waals surface area contributed by atoms with Crippen LogP contribution in [0.2, 0.25) is 5.02 Å². The van der Waals surface area contributed by atoms with Crippen LogP contribution in [0, 0.1) is 0 Å². The molecule has 1 aromatic heterocycles. The van der Waals surface area contributed by atoms with Gasteiger partial charge in [0.2, 0.25) is 0 Å². The van der Waals surface area contributed by atoms with Gasteiger partial charge in [-0.2, -0.15) is 5.10 Å². The average Bonchev–Trinajstić information content (AvgIpc) is 3.10. The van der Waals surface area contributed by atoms with Crippen molar-refractivity contribution in [1.82, 2.24) is 14.8 Å². The molecule has 2 aromatic carbocycles. The Morgan fingerprint density at radius 1 is 1.09 bits per heavy atom. The molecule has 0 saturated carbocycles. The SMILES string of the molecule is C/C(=C(\C(O)c1ccccc1)n1cncn1)c1ccc(Cl)cc1. The molecule has 3 aromatic rings. The van der Waals surface area contributed by atoms with E-state index in [4.69, 9.17) is 11.6 Å². The van der Waals surface area contributed by atoms with Crippen molar-refractivity contribution >= 4 is 22.9 Å². The minimum atomic E-state index is -0.812. The molecule has 0 aliphatic heterocycles. The van der Waals surface area contributed by atoms with E-state index >= 15 is 0 Å². The summed E-state index contributed by atoms with van der Waals surface area (Å²) in [5.41, 5.74) is 3.33. The predicted molar refractivity (Wildman–Crippen MR) is 91.7 cm³/mol. The second-order valence-corrected chi connectivity index (χ2v) is 5.61. The average molecular weight is 326 g/mol. The van der Waals surface area contributed by atoms with Gasteiger partial charge in [-0.25, -0.2) is 9.67 Å². The molecular formula is C18H16ClN3O. The highest BCUT2D eigenvalue weighted by Gasteiger charge is 2.19. The normalized spacial score (nSPS) is 13.5. The highest BCUT2D eigenvalue weighted by atomic mass is 35.5. The van der Waals surface area contributed by atoms with Crippen LogP contribution in [-0.4, -0.2) is 19.9 Å². The van der Waals surface area contributed by atoms with E-state index in [9.17, 15) is 5.11 Å². The molecule has 1 unspecified atom stereocenters. The zero-order chi connectivity index (χ0) is 16.2. The summed E-state index contributed by atoms with van der Waals surface area (Å²) in [4.78, 5) is 3.99. The first-order chi connectivity index (χ1) is 11.2. The summed E-state index contributed by atoms with van der Waals surface area (Å²) in [6, 6.07) is 17.0. The lowest BCUT2D eigenvalue weighted by molar-refractivity contribution is 0.230. The molecule has 4 nitrogen and oxygen atoms in total. The van der Waals surface area contributed by atoms with Crippen LogP contribution in [0.3, 0.4) is 0 Å². The fourth-order valence-corrected chi connectivity index (χ4v) is 2.60. The van der Waals surface area contributed by atoms with Crippen LogP contribution in [0.25, 0.3) is 11.3 Å². The van der Waals surface area contributed by atoms with Crippen LogP contribution in [0.4, 0.5) is 0 Å². The quantitative estimate of drug-likeness (QED) is 0.787. The number of hydrogen-bond donors (Lipinski definition) is 1. The molecule has 0 amide bonds. The molecular weight excluding hydrogens is 310 g/mol. The van der Waals surface area contributed by atoms with Gasteiger partial charge in [0.05, 0.1) is 5.70 Å². The van der Waals surface area contributed by atoms with Gasteiger partial charge in [-0.15, -0.1) is 0 Å². The maximum atomic E-state index is 10.9. The maximum Gasteiger partial charge on any atom is 0.138 e. The second-order valence-electron chi connectivity index (χ2n) is 5.17. The highest BCUT2D eigenvalue weighted by molar-refractivity contribution is 6.30. The Kier molecular flexibility index (Phi) is 4.55. The van der Waals surface area contributed by atoms with Gasteiger partial charge < -0.3 is 5.11 Å². The Bertz CT molecular complexity index is 796. The summed E-state index contributed by atoms with van der Waals surface area (Å²) in [5, 5.41) is 15.7. The van der Waals surface area contributed by atoms with E-state index in [-0.39, 0.29) is 0 Å². The number of aliphatic hydroxyl groups is 1. The third kappa shape index (κ3) is 3.33. The lowest BCUT2D eigenvalue weighted by Gasteiger charge is -2.19. The van der Waals surface area contributed by atoms with Crippen molar-refractivity contribution in [2.75, 3.05) is 0 Å². The van der Waals surface area contributed by atoms with Gasteiger partial charge in [0.25, 0.3) is 0 Å². The number of benzene rings is 2. The van der Waals surface area contributed by atoms with Crippen LogP contribution in [0.1, 0.15) is 24.2 Å². The van der Waals surface area contributed by atoms with Gasteiger partial charge in [-0.1, -0.05) is 54.1 Å². The van der Waals surface area contributed by atoms with E-state index in [2.05, 4.69) is 10.1 Å². The lowest BCUT2D eigenvalue weighted by Crippen LogP contribution is -2.10. The number of hydrogen-bond acceptors (Lipinski definition) is 3. The van der Waals surface area contributed by atoms with Crippen LogP contribution in [-0.2, 0) is 0 Å². The van der Waals surface area contributed by atoms with Gasteiger partial charge >= 0.3 is 0 Å². The molecule has 0 spiro atoms. The minimum absolute atomic E-state index is 0.663. The molecule has 3 rings (SSSR count). The van der Waals surface area contributed by atoms with Gasteiger partial charge in [0.1, 0.15) is 18.8 Å². The van der Waals surface area contributed by atoms with Crippen molar-refractivity contribution < 1.29 is 5.11 Å². The van der Waals surface area contributed by atoms with E-state index in [1.54, 1.807) is 11.0 Å². The molecule has 5 heteroatoms. The molecule has 0 bridgehead atoms. The summed E-state index contributed by atoms with van der Waals surface area (Å²) in [6.45, 7) is 1.95. The lowest BCUT2D eigenvalue weighted by atomic mass is 9.98. The van der Waals surface area contributed by atoms with Crippen LogP contribution >= 0.6 is 11.6 Å². The minimum Gasteiger partial charge on any atom is -0.382 e. The molecule has 0 fully saturated rings. The number of allylic oxidation sites excluding steroid dienone is 1. The summed E-state index contributed by atoms with van der Waals surface area (Å²) in [7, 11) is 0. The first kappa shape index (κ1) is 15.5. The van der Waals surface area contributed by atoms with Gasteiger partial charge in [-0.3, -0.25) is 0 Å². The van der Waals surface area contributed by atoms with Gasteiger partial charge in [-0.05, 0) is 35.8 Å². The summed E-state index contributed by atoms with van der Waals surface area (Å²) < 4.78 is 1.60. The van der Waals surface area contributed by atoms with E-state index < -0.39 is 6.10 Å². The van der Waals surface area contributed by atoms with Gasteiger partial charge in [0.15, 0.2) is 0 Å². The molecule has 1 heterocycles. The second kappa shape index (κ2) is 6.77. The molecule has 1 atom stereocenters. The fourth-order valence-electron chi connectivity index (χ4n) is 2.48. The molecule has 0 radical (unpaired) electrons. The number of aliphatic hydroxyl groups excluding tert-OH is 1. The third-order valence-electron chi connectivity index (χ3n) is 3.70. The van der Waals surface area contributed by atoms with E-state index in [0.717, 1.165) is 16.7 Å². The highest BCUT2D eigenvalue weighted by Crippen LogP contribution is 2.32. The summed E-state index contributed by atoms with van der Waals surface area (Å²) in [6.07, 6.45) is 2.22. The van der Waals surface area contributed by atoms with Gasteiger partial charge in [0, 0.05) is 5.02 Å². The van der Waals surface area contributed by atoms with Crippen molar-refractivity contribution in [1.29, 1.82) is 0 Å². The number of aromatic nitrogens is 3. The standard InChI is InChI=1S/C18H16ClN3O/c1-13(14-7-9-16(19)10-8-14)17(22-12-20-11-21-22)18(23)15-5-3-2-4-6-15/h2-12,18,23H,1H3/b17-13-. The summed E-state index contributed by atoms with van der Waals surface area (Å²) in [5.74, 6) is 0. The van der Waals surface area contributed by atoms with Crippen molar-refractivity contribution in [3.8, 4) is 0 Å². The molecule has 0 saturated heterocycles. The molecule has 23 heavy (non-hydrogen) atoms. The molecule has 0 aliphatic carbocycles. The van der Waals surface area contributed by atoms with Crippen molar-refractivity contribution in [3.63, 3.8) is 0 Å². The predicted octanol–water partition coefficient (Wildman–Crippen LogP) is 4.05. The van der Waals surface area contributed by atoms with Crippen molar-refractivity contribution in [2.24, 2.45) is 0 Å². The Balaban J connectivity index is 2.12. The fraction of sp³-hybridized carbons (Fsp3) is 0.111. The van der Waals surface area contributed by atoms with E-state index in [1.807, 2.05) is 61.5 Å². The monoisotopic (exact) mass is 325 g/mol. The van der Waals surface area contributed by atoms with Crippen molar-refractivity contribution in [2.45, 2.75) is 13.0 Å². The number of halogens is 1.